The van der Waals surface area contributed by atoms with Gasteiger partial charge in [0.1, 0.15) is 0 Å². The topological polar surface area (TPSA) is 116 Å². The molecule has 1 aliphatic rings. The average molecular weight is 354 g/mol. The lowest BCUT2D eigenvalue weighted by molar-refractivity contribution is -0.142. The van der Waals surface area contributed by atoms with Gasteiger partial charge in [-0.25, -0.2) is 0 Å². The van der Waals surface area contributed by atoms with Crippen molar-refractivity contribution in [3.8, 4) is 0 Å². The highest BCUT2D eigenvalue weighted by Crippen LogP contribution is 2.17. The lowest BCUT2D eigenvalue weighted by atomic mass is 9.74. The number of nitrogens with zero attached hydrogens (tertiary/aromatic N) is 1. The number of carbonyl (C=O) groups excluding carboxylic acids is 2. The largest absolute Gasteiger partial charge is 0.481 e. The first-order valence-corrected chi connectivity index (χ1v) is 8.36. The first kappa shape index (κ1) is 18.4. The fraction of sp³-hybridized carbons (Fsp3) is 0.500. The van der Waals surface area contributed by atoms with Gasteiger partial charge in [0.15, 0.2) is 0 Å². The van der Waals surface area contributed by atoms with Crippen LogP contribution < -0.4 is 5.32 Å². The molecule has 24 heavy (non-hydrogen) atoms. The molecule has 1 fully saturated rings. The van der Waals surface area contributed by atoms with Gasteiger partial charge in [0.05, 0.1) is 24.9 Å². The van der Waals surface area contributed by atoms with Gasteiger partial charge in [0.25, 0.3) is 0 Å². The second-order valence-electron chi connectivity index (χ2n) is 5.55. The SMILES string of the molecule is CC(=O)N1CC(CC(=O)O)OB(O)[C@H]1CNC(=O)Cc1cccs1. The van der Waals surface area contributed by atoms with E-state index in [1.165, 1.54) is 23.2 Å². The Bertz CT molecular complexity index is 596. The number of aliphatic carboxylic acids is 1. The quantitative estimate of drug-likeness (QED) is 0.594. The minimum atomic E-state index is -1.35. The van der Waals surface area contributed by atoms with Crippen molar-refractivity contribution in [3.05, 3.63) is 22.4 Å². The van der Waals surface area contributed by atoms with Gasteiger partial charge < -0.3 is 25.0 Å². The van der Waals surface area contributed by atoms with E-state index >= 15 is 0 Å². The zero-order valence-corrected chi connectivity index (χ0v) is 14.0. The van der Waals surface area contributed by atoms with Crippen LogP contribution in [0.1, 0.15) is 18.2 Å². The highest BCUT2D eigenvalue weighted by molar-refractivity contribution is 7.10. The molecule has 0 saturated carbocycles. The number of nitrogens with one attached hydrogen (secondary N) is 1. The smallest absolute Gasteiger partial charge is 0.480 e. The zero-order chi connectivity index (χ0) is 17.7. The molecule has 1 aromatic heterocycles. The van der Waals surface area contributed by atoms with Crippen LogP contribution in [0.2, 0.25) is 0 Å². The normalized spacial score (nSPS) is 20.8. The third kappa shape index (κ3) is 5.05. The first-order valence-electron chi connectivity index (χ1n) is 7.48. The summed E-state index contributed by atoms with van der Waals surface area (Å²) in [6.45, 7) is 1.42. The molecule has 8 nitrogen and oxygen atoms in total. The van der Waals surface area contributed by atoms with Crippen LogP contribution in [-0.2, 0) is 25.5 Å². The van der Waals surface area contributed by atoms with Gasteiger partial charge in [-0.2, -0.15) is 0 Å². The Kier molecular flexibility index (Phi) is 6.35. The Hall–Kier alpha value is -1.91. The van der Waals surface area contributed by atoms with Gasteiger partial charge in [-0.3, -0.25) is 14.4 Å². The molecule has 1 aliphatic heterocycles. The van der Waals surface area contributed by atoms with E-state index in [0.717, 1.165) is 4.88 Å². The minimum Gasteiger partial charge on any atom is -0.481 e. The van der Waals surface area contributed by atoms with Gasteiger partial charge >= 0.3 is 13.1 Å². The van der Waals surface area contributed by atoms with Crippen molar-refractivity contribution >= 4 is 36.2 Å². The summed E-state index contributed by atoms with van der Waals surface area (Å²) in [6, 6.07) is 3.70. The fourth-order valence-corrected chi connectivity index (χ4v) is 3.28. The standard InChI is InChI=1S/C14H19BN2O6S/c1-9(18)17-8-10(5-14(20)21)23-15(22)12(17)7-16-13(19)6-11-3-2-4-24-11/h2-4,10,12,22H,5-8H2,1H3,(H,16,19)(H,20,21)/t10?,12-/m1/s1. The molecule has 130 valence electrons. The Labute approximate surface area is 143 Å². The van der Waals surface area contributed by atoms with Gasteiger partial charge in [-0.05, 0) is 11.4 Å². The number of hydrogen-bond acceptors (Lipinski definition) is 6. The predicted molar refractivity (Wildman–Crippen MR) is 87.3 cm³/mol. The predicted octanol–water partition coefficient (Wildman–Crippen LogP) is -0.483. The molecule has 0 bridgehead atoms. The second kappa shape index (κ2) is 8.27. The summed E-state index contributed by atoms with van der Waals surface area (Å²) < 4.78 is 5.26. The number of rotatable bonds is 6. The highest BCUT2D eigenvalue weighted by Gasteiger charge is 2.42. The second-order valence-corrected chi connectivity index (χ2v) is 6.58. The van der Waals surface area contributed by atoms with E-state index in [-0.39, 0.29) is 37.7 Å². The summed E-state index contributed by atoms with van der Waals surface area (Å²) in [4.78, 5) is 36.8. The van der Waals surface area contributed by atoms with Crippen LogP contribution in [0.15, 0.2) is 17.5 Å². The maximum Gasteiger partial charge on any atom is 0.480 e. The molecule has 0 radical (unpaired) electrons. The lowest BCUT2D eigenvalue weighted by Gasteiger charge is -2.40. The molecule has 1 saturated heterocycles. The Balaban J connectivity index is 1.93. The van der Waals surface area contributed by atoms with Crippen LogP contribution in [0.3, 0.4) is 0 Å². The first-order chi connectivity index (χ1) is 11.4. The van der Waals surface area contributed by atoms with Gasteiger partial charge in [0.2, 0.25) is 11.8 Å². The molecule has 0 spiro atoms. The maximum atomic E-state index is 11.9. The van der Waals surface area contributed by atoms with E-state index in [0.29, 0.717) is 0 Å². The molecule has 2 amide bonds. The van der Waals surface area contributed by atoms with Crippen molar-refractivity contribution in [2.45, 2.75) is 31.8 Å². The van der Waals surface area contributed by atoms with Crippen molar-refractivity contribution in [2.24, 2.45) is 0 Å². The molecule has 10 heteroatoms. The lowest BCUT2D eigenvalue weighted by Crippen LogP contribution is -2.62. The van der Waals surface area contributed by atoms with E-state index < -0.39 is 25.1 Å². The number of carboxylic acids is 1. The number of hydrogen-bond donors (Lipinski definition) is 3. The maximum absolute atomic E-state index is 11.9. The number of carboxylic acid groups (broad SMARTS) is 1. The van der Waals surface area contributed by atoms with Crippen molar-refractivity contribution < 1.29 is 29.2 Å². The molecule has 2 atom stereocenters. The molecule has 1 unspecified atom stereocenters. The van der Waals surface area contributed by atoms with Crippen LogP contribution >= 0.6 is 11.3 Å². The van der Waals surface area contributed by atoms with Gasteiger partial charge in [-0.15, -0.1) is 11.3 Å². The monoisotopic (exact) mass is 354 g/mol. The van der Waals surface area contributed by atoms with E-state index in [9.17, 15) is 19.4 Å². The molecule has 2 heterocycles. The summed E-state index contributed by atoms with van der Waals surface area (Å²) in [6.07, 6.45) is -0.860. The van der Waals surface area contributed by atoms with Crippen molar-refractivity contribution in [1.29, 1.82) is 0 Å². The fourth-order valence-electron chi connectivity index (χ4n) is 2.57. The minimum absolute atomic E-state index is 0.0325. The summed E-state index contributed by atoms with van der Waals surface area (Å²) >= 11 is 1.47. The summed E-state index contributed by atoms with van der Waals surface area (Å²) in [5.74, 6) is -2.36. The van der Waals surface area contributed by atoms with E-state index in [4.69, 9.17) is 9.76 Å². The molecule has 1 aromatic rings. The van der Waals surface area contributed by atoms with Crippen LogP contribution in [-0.4, -0.2) is 65.1 Å². The van der Waals surface area contributed by atoms with Crippen molar-refractivity contribution in [1.82, 2.24) is 10.2 Å². The Morgan fingerprint density at radius 2 is 2.25 bits per heavy atom. The molecule has 0 aromatic carbocycles. The van der Waals surface area contributed by atoms with Crippen LogP contribution in [0.4, 0.5) is 0 Å². The van der Waals surface area contributed by atoms with Crippen molar-refractivity contribution in [2.75, 3.05) is 13.1 Å². The van der Waals surface area contributed by atoms with Crippen LogP contribution in [0.5, 0.6) is 0 Å². The molecule has 3 N–H and O–H groups in total. The Morgan fingerprint density at radius 3 is 2.83 bits per heavy atom. The number of amides is 2. The Morgan fingerprint density at radius 1 is 1.50 bits per heavy atom. The summed E-state index contributed by atoms with van der Waals surface area (Å²) in [7, 11) is -1.35. The summed E-state index contributed by atoms with van der Waals surface area (Å²) in [5.41, 5.74) is 0. The zero-order valence-electron chi connectivity index (χ0n) is 13.2. The molecular formula is C14H19BN2O6S. The van der Waals surface area contributed by atoms with E-state index in [1.54, 1.807) is 0 Å². The molecule has 2 rings (SSSR count). The third-order valence-electron chi connectivity index (χ3n) is 3.69. The third-order valence-corrected chi connectivity index (χ3v) is 4.57. The van der Waals surface area contributed by atoms with Crippen LogP contribution in [0, 0.1) is 0 Å². The average Bonchev–Trinajstić information content (AvgIpc) is 2.97. The van der Waals surface area contributed by atoms with E-state index in [2.05, 4.69) is 5.32 Å². The van der Waals surface area contributed by atoms with Gasteiger partial charge in [0, 0.05) is 24.9 Å². The number of thiophene rings is 1. The van der Waals surface area contributed by atoms with E-state index in [1.807, 2.05) is 17.5 Å². The molecular weight excluding hydrogens is 335 g/mol. The van der Waals surface area contributed by atoms with Gasteiger partial charge in [-0.1, -0.05) is 6.07 Å². The highest BCUT2D eigenvalue weighted by atomic mass is 32.1. The summed E-state index contributed by atoms with van der Waals surface area (Å²) in [5, 5.41) is 23.5. The van der Waals surface area contributed by atoms with Crippen LogP contribution in [0.25, 0.3) is 0 Å². The number of carbonyl (C=O) groups is 3. The van der Waals surface area contributed by atoms with Crippen molar-refractivity contribution in [3.63, 3.8) is 0 Å². The molecule has 0 aliphatic carbocycles.